The zero-order valence-electron chi connectivity index (χ0n) is 8.20. The third kappa shape index (κ3) is 1.91. The van der Waals surface area contributed by atoms with Crippen LogP contribution in [0.5, 0.6) is 0 Å². The van der Waals surface area contributed by atoms with Crippen molar-refractivity contribution in [3.8, 4) is 6.07 Å². The van der Waals surface area contributed by atoms with Crippen molar-refractivity contribution in [2.75, 3.05) is 12.8 Å². The first-order chi connectivity index (χ1) is 7.52. The maximum atomic E-state index is 12.7. The van der Waals surface area contributed by atoms with Gasteiger partial charge in [-0.25, -0.2) is 18.6 Å². The van der Waals surface area contributed by atoms with Gasteiger partial charge in [-0.3, -0.25) is 0 Å². The van der Waals surface area contributed by atoms with Crippen LogP contribution in [0, 0.1) is 11.3 Å². The van der Waals surface area contributed by atoms with E-state index in [4.69, 9.17) is 11.0 Å². The van der Waals surface area contributed by atoms with Crippen molar-refractivity contribution in [1.82, 2.24) is 4.98 Å². The quantitative estimate of drug-likeness (QED) is 0.768. The van der Waals surface area contributed by atoms with Gasteiger partial charge in [-0.1, -0.05) is 0 Å². The summed E-state index contributed by atoms with van der Waals surface area (Å²) in [5.74, 6) is -0.973. The van der Waals surface area contributed by atoms with Gasteiger partial charge in [0.1, 0.15) is 6.07 Å². The van der Waals surface area contributed by atoms with Gasteiger partial charge in [0, 0.05) is 6.20 Å². The summed E-state index contributed by atoms with van der Waals surface area (Å²) >= 11 is 0. The molecule has 1 aromatic heterocycles. The number of ether oxygens (including phenoxy) is 1. The smallest absolute Gasteiger partial charge is 0.340 e. The van der Waals surface area contributed by atoms with E-state index < -0.39 is 29.2 Å². The second-order valence-corrected chi connectivity index (χ2v) is 2.75. The van der Waals surface area contributed by atoms with Gasteiger partial charge in [-0.15, -0.1) is 0 Å². The number of hydrogen-bond donors (Lipinski definition) is 1. The van der Waals surface area contributed by atoms with Crippen LogP contribution in [0.2, 0.25) is 0 Å². The van der Waals surface area contributed by atoms with Gasteiger partial charge in [-0.2, -0.15) is 5.26 Å². The Balaban J connectivity index is 3.48. The molecular formula is C9H7F2N3O2. The van der Waals surface area contributed by atoms with E-state index in [0.29, 0.717) is 0 Å². The number of pyridine rings is 1. The van der Waals surface area contributed by atoms with Gasteiger partial charge in [-0.05, 0) is 0 Å². The summed E-state index contributed by atoms with van der Waals surface area (Å²) in [7, 11) is 1.05. The number of nitrogen functional groups attached to an aromatic ring is 1. The van der Waals surface area contributed by atoms with Crippen LogP contribution in [0.15, 0.2) is 6.20 Å². The first kappa shape index (κ1) is 11.8. The van der Waals surface area contributed by atoms with Gasteiger partial charge < -0.3 is 10.5 Å². The zero-order valence-corrected chi connectivity index (χ0v) is 8.20. The molecule has 0 fully saturated rings. The van der Waals surface area contributed by atoms with Crippen molar-refractivity contribution in [2.45, 2.75) is 6.43 Å². The summed E-state index contributed by atoms with van der Waals surface area (Å²) in [5, 5.41) is 8.56. The minimum absolute atomic E-state index is 0.344. The van der Waals surface area contributed by atoms with Crippen LogP contribution in [0.1, 0.15) is 28.0 Å². The van der Waals surface area contributed by atoms with Gasteiger partial charge >= 0.3 is 5.97 Å². The Morgan fingerprint density at radius 3 is 2.75 bits per heavy atom. The molecular weight excluding hydrogens is 220 g/mol. The molecule has 0 radical (unpaired) electrons. The van der Waals surface area contributed by atoms with Crippen molar-refractivity contribution in [3.05, 3.63) is 23.0 Å². The minimum atomic E-state index is -2.98. The molecule has 0 bridgehead atoms. The molecule has 0 aliphatic rings. The standard InChI is InChI=1S/C9H7F2N3O2/c1-16-9(15)4-3-14-5(2-12)7(13)6(4)8(10)11/h3,8H,13H2,1H3. The van der Waals surface area contributed by atoms with E-state index in [2.05, 4.69) is 9.72 Å². The number of aromatic nitrogens is 1. The molecule has 84 valence electrons. The second kappa shape index (κ2) is 4.53. The fourth-order valence-corrected chi connectivity index (χ4v) is 1.14. The van der Waals surface area contributed by atoms with Crippen LogP contribution in [0.25, 0.3) is 0 Å². The van der Waals surface area contributed by atoms with Crippen molar-refractivity contribution >= 4 is 11.7 Å². The SMILES string of the molecule is COC(=O)c1cnc(C#N)c(N)c1C(F)F. The predicted molar refractivity (Wildman–Crippen MR) is 49.7 cm³/mol. The van der Waals surface area contributed by atoms with Crippen LogP contribution in [-0.4, -0.2) is 18.1 Å². The predicted octanol–water partition coefficient (Wildman–Crippen LogP) is 1.26. The van der Waals surface area contributed by atoms with E-state index in [9.17, 15) is 13.6 Å². The Morgan fingerprint density at radius 1 is 1.69 bits per heavy atom. The maximum Gasteiger partial charge on any atom is 0.340 e. The van der Waals surface area contributed by atoms with E-state index in [1.807, 2.05) is 0 Å². The Morgan fingerprint density at radius 2 is 2.31 bits per heavy atom. The molecule has 2 N–H and O–H groups in total. The van der Waals surface area contributed by atoms with E-state index in [1.54, 1.807) is 6.07 Å². The second-order valence-electron chi connectivity index (χ2n) is 2.75. The number of methoxy groups -OCH3 is 1. The number of carbonyl (C=O) groups is 1. The number of rotatable bonds is 2. The largest absolute Gasteiger partial charge is 0.465 e. The summed E-state index contributed by atoms with van der Waals surface area (Å²) in [5.41, 5.74) is 3.31. The van der Waals surface area contributed by atoms with Gasteiger partial charge in [0.2, 0.25) is 0 Å². The molecule has 5 nitrogen and oxygen atoms in total. The third-order valence-corrected chi connectivity index (χ3v) is 1.89. The van der Waals surface area contributed by atoms with Crippen molar-refractivity contribution in [1.29, 1.82) is 5.26 Å². The highest BCUT2D eigenvalue weighted by Gasteiger charge is 2.24. The molecule has 0 saturated heterocycles. The number of halogens is 2. The highest BCUT2D eigenvalue weighted by molar-refractivity contribution is 5.92. The summed E-state index contributed by atoms with van der Waals surface area (Å²) in [6.45, 7) is 0. The van der Waals surface area contributed by atoms with E-state index in [0.717, 1.165) is 13.3 Å². The molecule has 0 aliphatic heterocycles. The van der Waals surface area contributed by atoms with Crippen molar-refractivity contribution in [2.24, 2.45) is 0 Å². The third-order valence-electron chi connectivity index (χ3n) is 1.89. The lowest BCUT2D eigenvalue weighted by Crippen LogP contribution is -2.11. The number of anilines is 1. The number of alkyl halides is 2. The first-order valence-electron chi connectivity index (χ1n) is 4.07. The normalized spacial score (nSPS) is 9.94. The summed E-state index contributed by atoms with van der Waals surface area (Å²) < 4.78 is 29.7. The molecule has 0 aromatic carbocycles. The molecule has 0 saturated carbocycles. The molecule has 0 unspecified atom stereocenters. The number of hydrogen-bond acceptors (Lipinski definition) is 5. The summed E-state index contributed by atoms with van der Waals surface area (Å²) in [6, 6.07) is 1.55. The minimum Gasteiger partial charge on any atom is -0.465 e. The molecule has 0 atom stereocenters. The van der Waals surface area contributed by atoms with E-state index in [1.165, 1.54) is 0 Å². The average Bonchev–Trinajstić information content (AvgIpc) is 2.26. The Hall–Kier alpha value is -2.23. The molecule has 0 aliphatic carbocycles. The molecule has 0 amide bonds. The molecule has 1 heterocycles. The maximum absolute atomic E-state index is 12.7. The highest BCUT2D eigenvalue weighted by Crippen LogP contribution is 2.30. The number of carbonyl (C=O) groups excluding carboxylic acids is 1. The van der Waals surface area contributed by atoms with E-state index in [-0.39, 0.29) is 5.69 Å². The number of nitriles is 1. The average molecular weight is 227 g/mol. The Labute approximate surface area is 89.4 Å². The van der Waals surface area contributed by atoms with Gasteiger partial charge in [0.25, 0.3) is 6.43 Å². The van der Waals surface area contributed by atoms with Gasteiger partial charge in [0.05, 0.1) is 23.9 Å². The number of nitrogens with two attached hydrogens (primary N) is 1. The number of esters is 1. The van der Waals surface area contributed by atoms with Crippen LogP contribution in [0.3, 0.4) is 0 Å². The zero-order chi connectivity index (χ0) is 12.3. The fraction of sp³-hybridized carbons (Fsp3) is 0.222. The molecule has 16 heavy (non-hydrogen) atoms. The van der Waals surface area contributed by atoms with Gasteiger partial charge in [0.15, 0.2) is 5.69 Å². The number of nitrogens with zero attached hydrogens (tertiary/aromatic N) is 2. The summed E-state index contributed by atoms with van der Waals surface area (Å²) in [4.78, 5) is 14.6. The molecule has 7 heteroatoms. The lowest BCUT2D eigenvalue weighted by molar-refractivity contribution is 0.0589. The first-order valence-corrected chi connectivity index (χ1v) is 4.07. The van der Waals surface area contributed by atoms with Crippen LogP contribution < -0.4 is 5.73 Å². The summed E-state index contributed by atoms with van der Waals surface area (Å²) in [6.07, 6.45) is -2.13. The Kier molecular flexibility index (Phi) is 3.35. The van der Waals surface area contributed by atoms with Crippen LogP contribution in [-0.2, 0) is 4.74 Å². The molecule has 1 rings (SSSR count). The van der Waals surface area contributed by atoms with E-state index >= 15 is 0 Å². The monoisotopic (exact) mass is 227 g/mol. The van der Waals surface area contributed by atoms with Crippen molar-refractivity contribution in [3.63, 3.8) is 0 Å². The van der Waals surface area contributed by atoms with Crippen LogP contribution >= 0.6 is 0 Å². The van der Waals surface area contributed by atoms with Crippen molar-refractivity contribution < 1.29 is 18.3 Å². The fourth-order valence-electron chi connectivity index (χ4n) is 1.14. The molecule has 0 spiro atoms. The topological polar surface area (TPSA) is 89.0 Å². The lowest BCUT2D eigenvalue weighted by atomic mass is 10.1. The Bertz CT molecular complexity index is 469. The lowest BCUT2D eigenvalue weighted by Gasteiger charge is -2.10. The van der Waals surface area contributed by atoms with Crippen LogP contribution in [0.4, 0.5) is 14.5 Å². The highest BCUT2D eigenvalue weighted by atomic mass is 19.3. The molecule has 1 aromatic rings.